The van der Waals surface area contributed by atoms with Gasteiger partial charge in [-0.15, -0.1) is 0 Å². The monoisotopic (exact) mass is 360 g/mol. The molecule has 0 radical (unpaired) electrons. The Hall–Kier alpha value is -3.27. The van der Waals surface area contributed by atoms with E-state index in [0.29, 0.717) is 13.1 Å². The fourth-order valence-electron chi connectivity index (χ4n) is 2.71. The molecule has 0 amide bonds. The zero-order chi connectivity index (χ0) is 18.9. The van der Waals surface area contributed by atoms with Crippen molar-refractivity contribution in [3.8, 4) is 11.5 Å². The maximum atomic E-state index is 5.24. The molecule has 0 heterocycles. The molecule has 0 fully saturated rings. The highest BCUT2D eigenvalue weighted by molar-refractivity contribution is 5.79. The van der Waals surface area contributed by atoms with Crippen molar-refractivity contribution in [3.05, 3.63) is 95.6 Å². The standard InChI is InChI=1S/C23H24N2O2/c1-26-22-12-8-20(9-13-22)17-25(24-16-19-6-4-3-5-7-19)18-21-10-14-23(27-2)15-11-21/h3-16H,17-18H2,1-2H3/b24-16+. The lowest BCUT2D eigenvalue weighted by atomic mass is 10.2. The molecule has 4 nitrogen and oxygen atoms in total. The van der Waals surface area contributed by atoms with E-state index in [1.54, 1.807) is 14.2 Å². The number of methoxy groups -OCH3 is 2. The number of hydrazone groups is 1. The summed E-state index contributed by atoms with van der Waals surface area (Å²) in [6.07, 6.45) is 1.90. The predicted molar refractivity (Wildman–Crippen MR) is 109 cm³/mol. The maximum Gasteiger partial charge on any atom is 0.118 e. The van der Waals surface area contributed by atoms with Gasteiger partial charge in [-0.2, -0.15) is 5.10 Å². The smallest absolute Gasteiger partial charge is 0.118 e. The molecule has 0 aliphatic rings. The van der Waals surface area contributed by atoms with E-state index < -0.39 is 0 Å². The van der Waals surface area contributed by atoms with Gasteiger partial charge in [-0.1, -0.05) is 54.6 Å². The fraction of sp³-hybridized carbons (Fsp3) is 0.174. The lowest BCUT2D eigenvalue weighted by Gasteiger charge is -2.20. The van der Waals surface area contributed by atoms with E-state index >= 15 is 0 Å². The minimum absolute atomic E-state index is 0.708. The van der Waals surface area contributed by atoms with Crippen LogP contribution < -0.4 is 9.47 Å². The van der Waals surface area contributed by atoms with Gasteiger partial charge in [0, 0.05) is 0 Å². The van der Waals surface area contributed by atoms with Gasteiger partial charge in [-0.25, -0.2) is 0 Å². The molecule has 3 rings (SSSR count). The summed E-state index contributed by atoms with van der Waals surface area (Å²) in [6, 6.07) is 26.3. The Morgan fingerprint density at radius 3 is 1.63 bits per heavy atom. The minimum atomic E-state index is 0.708. The van der Waals surface area contributed by atoms with Gasteiger partial charge in [0.15, 0.2) is 0 Å². The SMILES string of the molecule is COc1ccc(CN(Cc2ccc(OC)cc2)/N=C/c2ccccc2)cc1. The molecule has 138 valence electrons. The van der Waals surface area contributed by atoms with Crippen molar-refractivity contribution in [1.29, 1.82) is 0 Å². The molecule has 4 heteroatoms. The van der Waals surface area contributed by atoms with E-state index in [4.69, 9.17) is 14.6 Å². The Kier molecular flexibility index (Phi) is 6.47. The molecular weight excluding hydrogens is 336 g/mol. The van der Waals surface area contributed by atoms with Crippen LogP contribution in [0.1, 0.15) is 16.7 Å². The maximum absolute atomic E-state index is 5.24. The van der Waals surface area contributed by atoms with E-state index in [1.165, 1.54) is 11.1 Å². The molecule has 0 bridgehead atoms. The number of rotatable bonds is 8. The van der Waals surface area contributed by atoms with Crippen molar-refractivity contribution >= 4 is 6.21 Å². The zero-order valence-corrected chi connectivity index (χ0v) is 15.7. The average molecular weight is 360 g/mol. The van der Waals surface area contributed by atoms with Gasteiger partial charge in [0.2, 0.25) is 0 Å². The molecule has 0 unspecified atom stereocenters. The van der Waals surface area contributed by atoms with E-state index in [1.807, 2.05) is 60.8 Å². The minimum Gasteiger partial charge on any atom is -0.497 e. The second-order valence-corrected chi connectivity index (χ2v) is 6.17. The average Bonchev–Trinajstić information content (AvgIpc) is 2.74. The molecule has 0 atom stereocenters. The molecule has 0 spiro atoms. The van der Waals surface area contributed by atoms with Crippen LogP contribution >= 0.6 is 0 Å². The summed E-state index contributed by atoms with van der Waals surface area (Å²) in [5.41, 5.74) is 3.43. The van der Waals surface area contributed by atoms with Gasteiger partial charge in [-0.05, 0) is 41.0 Å². The second kappa shape index (κ2) is 9.43. The largest absolute Gasteiger partial charge is 0.497 e. The fourth-order valence-corrected chi connectivity index (χ4v) is 2.71. The summed E-state index contributed by atoms with van der Waals surface area (Å²) >= 11 is 0. The molecule has 3 aromatic rings. The van der Waals surface area contributed by atoms with Crippen molar-refractivity contribution in [3.63, 3.8) is 0 Å². The van der Waals surface area contributed by atoms with Crippen LogP contribution in [0.3, 0.4) is 0 Å². The third kappa shape index (κ3) is 5.61. The Bertz CT molecular complexity index is 794. The summed E-state index contributed by atoms with van der Waals surface area (Å²) in [7, 11) is 3.35. The zero-order valence-electron chi connectivity index (χ0n) is 15.7. The van der Waals surface area contributed by atoms with Crippen LogP contribution in [0.4, 0.5) is 0 Å². The molecule has 27 heavy (non-hydrogen) atoms. The number of nitrogens with zero attached hydrogens (tertiary/aromatic N) is 2. The van der Waals surface area contributed by atoms with Crippen LogP contribution in [0.5, 0.6) is 11.5 Å². The van der Waals surface area contributed by atoms with Crippen molar-refractivity contribution in [2.45, 2.75) is 13.1 Å². The van der Waals surface area contributed by atoms with Crippen LogP contribution in [-0.4, -0.2) is 25.4 Å². The molecular formula is C23H24N2O2. The molecule has 0 N–H and O–H groups in total. The Balaban J connectivity index is 1.76. The highest BCUT2D eigenvalue weighted by atomic mass is 16.5. The highest BCUT2D eigenvalue weighted by Gasteiger charge is 2.05. The van der Waals surface area contributed by atoms with Gasteiger partial charge in [0.25, 0.3) is 0 Å². The normalized spacial score (nSPS) is 10.7. The number of benzene rings is 3. The summed E-state index contributed by atoms with van der Waals surface area (Å²) in [5.74, 6) is 1.71. The summed E-state index contributed by atoms with van der Waals surface area (Å²) < 4.78 is 10.5. The van der Waals surface area contributed by atoms with Crippen molar-refractivity contribution < 1.29 is 9.47 Å². The van der Waals surface area contributed by atoms with E-state index in [9.17, 15) is 0 Å². The van der Waals surface area contributed by atoms with Gasteiger partial charge >= 0.3 is 0 Å². The molecule has 0 aliphatic carbocycles. The van der Waals surface area contributed by atoms with Crippen molar-refractivity contribution in [2.75, 3.05) is 14.2 Å². The van der Waals surface area contributed by atoms with E-state index in [-0.39, 0.29) is 0 Å². The van der Waals surface area contributed by atoms with Gasteiger partial charge in [0.1, 0.15) is 11.5 Å². The number of ether oxygens (including phenoxy) is 2. The van der Waals surface area contributed by atoms with Crippen LogP contribution in [0.2, 0.25) is 0 Å². The third-order valence-corrected chi connectivity index (χ3v) is 4.22. The lowest BCUT2D eigenvalue weighted by Crippen LogP contribution is -2.17. The molecule has 0 aliphatic heterocycles. The van der Waals surface area contributed by atoms with Gasteiger partial charge in [0.05, 0.1) is 33.5 Å². The quantitative estimate of drug-likeness (QED) is 0.430. The van der Waals surface area contributed by atoms with Crippen molar-refractivity contribution in [1.82, 2.24) is 5.01 Å². The van der Waals surface area contributed by atoms with Crippen molar-refractivity contribution in [2.24, 2.45) is 5.10 Å². The Morgan fingerprint density at radius 1 is 0.704 bits per heavy atom. The molecule has 0 saturated carbocycles. The van der Waals surface area contributed by atoms with Crippen LogP contribution in [0, 0.1) is 0 Å². The van der Waals surface area contributed by atoms with Gasteiger partial charge in [-0.3, -0.25) is 5.01 Å². The number of hydrogen-bond donors (Lipinski definition) is 0. The second-order valence-electron chi connectivity index (χ2n) is 6.17. The summed E-state index contributed by atoms with van der Waals surface area (Å²) in [4.78, 5) is 0. The van der Waals surface area contributed by atoms with E-state index in [2.05, 4.69) is 29.3 Å². The molecule has 0 aromatic heterocycles. The number of hydrogen-bond acceptors (Lipinski definition) is 4. The highest BCUT2D eigenvalue weighted by Crippen LogP contribution is 2.17. The topological polar surface area (TPSA) is 34.1 Å². The van der Waals surface area contributed by atoms with Crippen LogP contribution in [0.25, 0.3) is 0 Å². The molecule has 0 saturated heterocycles. The van der Waals surface area contributed by atoms with Crippen LogP contribution in [0.15, 0.2) is 84.0 Å². The summed E-state index contributed by atoms with van der Waals surface area (Å²) in [5, 5.41) is 6.77. The molecule has 3 aromatic carbocycles. The summed E-state index contributed by atoms with van der Waals surface area (Å²) in [6.45, 7) is 1.42. The Morgan fingerprint density at radius 2 is 1.19 bits per heavy atom. The Labute approximate surface area is 160 Å². The van der Waals surface area contributed by atoms with Crippen LogP contribution in [-0.2, 0) is 13.1 Å². The van der Waals surface area contributed by atoms with E-state index in [0.717, 1.165) is 17.1 Å². The first-order chi connectivity index (χ1) is 13.3. The third-order valence-electron chi connectivity index (χ3n) is 4.22. The lowest BCUT2D eigenvalue weighted by molar-refractivity contribution is 0.272. The first kappa shape index (κ1) is 18.5. The predicted octanol–water partition coefficient (Wildman–Crippen LogP) is 4.74. The first-order valence-electron chi connectivity index (χ1n) is 8.86. The van der Waals surface area contributed by atoms with Gasteiger partial charge < -0.3 is 9.47 Å². The first-order valence-corrected chi connectivity index (χ1v) is 8.86.